The number of para-hydroxylation sites is 2. The first-order valence-corrected chi connectivity index (χ1v) is 7.80. The summed E-state index contributed by atoms with van der Waals surface area (Å²) in [6, 6.07) is 7.76. The summed E-state index contributed by atoms with van der Waals surface area (Å²) in [5, 5.41) is 12.2. The van der Waals surface area contributed by atoms with Crippen LogP contribution in [-0.2, 0) is 0 Å². The van der Waals surface area contributed by atoms with Gasteiger partial charge in [-0.25, -0.2) is 4.98 Å². The topological polar surface area (TPSA) is 78.4 Å². The van der Waals surface area contributed by atoms with Crippen LogP contribution in [0.1, 0.15) is 23.3 Å². The lowest BCUT2D eigenvalue weighted by molar-refractivity contribution is 0.102. The van der Waals surface area contributed by atoms with Crippen LogP contribution in [0.5, 0.6) is 0 Å². The first kappa shape index (κ1) is 15.4. The monoisotopic (exact) mass is 312 g/mol. The van der Waals surface area contributed by atoms with E-state index in [1.165, 1.54) is 18.6 Å². The third-order valence-electron chi connectivity index (χ3n) is 4.16. The Morgan fingerprint density at radius 3 is 2.74 bits per heavy atom. The van der Waals surface area contributed by atoms with E-state index in [4.69, 9.17) is 0 Å². The summed E-state index contributed by atoms with van der Waals surface area (Å²) < 4.78 is 0. The van der Waals surface area contributed by atoms with Gasteiger partial charge in [-0.05, 0) is 30.9 Å². The number of benzene rings is 1. The van der Waals surface area contributed by atoms with Crippen molar-refractivity contribution in [2.24, 2.45) is 5.92 Å². The zero-order valence-electron chi connectivity index (χ0n) is 12.9. The van der Waals surface area contributed by atoms with Gasteiger partial charge >= 0.3 is 0 Å². The highest BCUT2D eigenvalue weighted by Crippen LogP contribution is 2.29. The fraction of sp³-hybridized carbons (Fsp3) is 0.353. The zero-order valence-corrected chi connectivity index (χ0v) is 12.9. The Balaban J connectivity index is 1.75. The minimum atomic E-state index is -0.268. The molecule has 1 aliphatic heterocycles. The van der Waals surface area contributed by atoms with Crippen molar-refractivity contribution in [2.45, 2.75) is 12.8 Å². The molecule has 1 aromatic heterocycles. The van der Waals surface area contributed by atoms with Gasteiger partial charge in [-0.2, -0.15) is 0 Å². The van der Waals surface area contributed by atoms with Crippen LogP contribution in [0.4, 0.5) is 11.4 Å². The van der Waals surface area contributed by atoms with Crippen LogP contribution in [0.15, 0.2) is 42.9 Å². The fourth-order valence-electron chi connectivity index (χ4n) is 2.81. The highest BCUT2D eigenvalue weighted by atomic mass is 16.3. The van der Waals surface area contributed by atoms with Crippen molar-refractivity contribution >= 4 is 17.3 Å². The number of carbonyl (C=O) groups excluding carboxylic acids is 1. The molecule has 120 valence electrons. The number of rotatable bonds is 4. The first-order chi connectivity index (χ1) is 11.3. The summed E-state index contributed by atoms with van der Waals surface area (Å²) in [4.78, 5) is 22.5. The highest BCUT2D eigenvalue weighted by Gasteiger charge is 2.21. The predicted molar refractivity (Wildman–Crippen MR) is 88.5 cm³/mol. The molecule has 1 amide bonds. The average Bonchev–Trinajstić information content (AvgIpc) is 2.63. The number of piperidine rings is 1. The number of carbonyl (C=O) groups is 1. The van der Waals surface area contributed by atoms with E-state index in [2.05, 4.69) is 20.2 Å². The molecule has 3 rings (SSSR count). The molecule has 0 radical (unpaired) electrons. The van der Waals surface area contributed by atoms with E-state index < -0.39 is 0 Å². The molecule has 0 saturated carbocycles. The quantitative estimate of drug-likeness (QED) is 0.902. The lowest BCUT2D eigenvalue weighted by atomic mass is 9.97. The van der Waals surface area contributed by atoms with Crippen molar-refractivity contribution < 1.29 is 9.90 Å². The molecule has 1 aliphatic rings. The van der Waals surface area contributed by atoms with Crippen LogP contribution in [0.2, 0.25) is 0 Å². The molecular weight excluding hydrogens is 292 g/mol. The SMILES string of the molecule is O=C(Nc1ccccc1N1CCC(CO)CC1)c1cnccn1. The molecule has 0 atom stereocenters. The van der Waals surface area contributed by atoms with Crippen LogP contribution in [0, 0.1) is 5.92 Å². The van der Waals surface area contributed by atoms with Crippen LogP contribution in [0.3, 0.4) is 0 Å². The maximum Gasteiger partial charge on any atom is 0.275 e. The summed E-state index contributed by atoms with van der Waals surface area (Å²) in [5.74, 6) is 0.114. The average molecular weight is 312 g/mol. The molecule has 6 heteroatoms. The first-order valence-electron chi connectivity index (χ1n) is 7.80. The Morgan fingerprint density at radius 2 is 2.04 bits per heavy atom. The highest BCUT2D eigenvalue weighted by molar-refractivity contribution is 6.04. The van der Waals surface area contributed by atoms with E-state index in [-0.39, 0.29) is 12.5 Å². The Labute approximate surface area is 135 Å². The molecule has 6 nitrogen and oxygen atoms in total. The van der Waals surface area contributed by atoms with Crippen LogP contribution >= 0.6 is 0 Å². The molecule has 0 aliphatic carbocycles. The Bertz CT molecular complexity index is 655. The van der Waals surface area contributed by atoms with E-state index in [0.717, 1.165) is 37.3 Å². The summed E-state index contributed by atoms with van der Waals surface area (Å²) in [6.45, 7) is 2.01. The van der Waals surface area contributed by atoms with E-state index >= 15 is 0 Å². The van der Waals surface area contributed by atoms with Gasteiger partial charge in [-0.3, -0.25) is 9.78 Å². The Hall–Kier alpha value is -2.47. The van der Waals surface area contributed by atoms with Gasteiger partial charge in [0.2, 0.25) is 0 Å². The molecule has 0 spiro atoms. The second-order valence-electron chi connectivity index (χ2n) is 5.67. The smallest absolute Gasteiger partial charge is 0.275 e. The van der Waals surface area contributed by atoms with Crippen molar-refractivity contribution in [3.05, 3.63) is 48.5 Å². The summed E-state index contributed by atoms with van der Waals surface area (Å²) in [5.41, 5.74) is 2.06. The molecule has 1 saturated heterocycles. The largest absolute Gasteiger partial charge is 0.396 e. The number of hydrogen-bond donors (Lipinski definition) is 2. The number of aliphatic hydroxyl groups is 1. The molecule has 0 bridgehead atoms. The van der Waals surface area contributed by atoms with E-state index in [1.807, 2.05) is 24.3 Å². The molecular formula is C17H20N4O2. The molecule has 1 aromatic carbocycles. The van der Waals surface area contributed by atoms with Gasteiger partial charge in [0.25, 0.3) is 5.91 Å². The minimum Gasteiger partial charge on any atom is -0.396 e. The van der Waals surface area contributed by atoms with Crippen LogP contribution in [0.25, 0.3) is 0 Å². The zero-order chi connectivity index (χ0) is 16.1. The van der Waals surface area contributed by atoms with Crippen molar-refractivity contribution in [1.82, 2.24) is 9.97 Å². The van der Waals surface area contributed by atoms with E-state index in [9.17, 15) is 9.90 Å². The van der Waals surface area contributed by atoms with Gasteiger partial charge in [0.15, 0.2) is 0 Å². The second-order valence-corrected chi connectivity index (χ2v) is 5.67. The Kier molecular flexibility index (Phi) is 4.83. The number of hydrogen-bond acceptors (Lipinski definition) is 5. The van der Waals surface area contributed by atoms with Gasteiger partial charge in [0, 0.05) is 32.1 Å². The third-order valence-corrected chi connectivity index (χ3v) is 4.16. The predicted octanol–water partition coefficient (Wildman–Crippen LogP) is 1.94. The number of aliphatic hydroxyl groups excluding tert-OH is 1. The summed E-state index contributed by atoms with van der Waals surface area (Å²) in [6.07, 6.45) is 6.41. The number of aromatic nitrogens is 2. The number of amides is 1. The van der Waals surface area contributed by atoms with E-state index in [1.54, 1.807) is 0 Å². The Morgan fingerprint density at radius 1 is 1.26 bits per heavy atom. The normalized spacial score (nSPS) is 15.4. The minimum absolute atomic E-state index is 0.249. The summed E-state index contributed by atoms with van der Waals surface area (Å²) in [7, 11) is 0. The van der Waals surface area contributed by atoms with Gasteiger partial charge < -0.3 is 15.3 Å². The fourth-order valence-corrected chi connectivity index (χ4v) is 2.81. The van der Waals surface area contributed by atoms with E-state index in [0.29, 0.717) is 11.6 Å². The standard InChI is InChI=1S/C17H20N4O2/c22-12-13-5-9-21(10-6-13)16-4-2-1-3-14(16)20-17(23)15-11-18-7-8-19-15/h1-4,7-8,11,13,22H,5-6,9-10,12H2,(H,20,23). The lowest BCUT2D eigenvalue weighted by Gasteiger charge is -2.34. The number of nitrogens with zero attached hydrogens (tertiary/aromatic N) is 3. The van der Waals surface area contributed by atoms with Crippen molar-refractivity contribution in [2.75, 3.05) is 29.9 Å². The van der Waals surface area contributed by atoms with Crippen molar-refractivity contribution in [3.63, 3.8) is 0 Å². The van der Waals surface area contributed by atoms with Crippen molar-refractivity contribution in [3.8, 4) is 0 Å². The molecule has 2 aromatic rings. The molecule has 2 heterocycles. The number of anilines is 2. The second kappa shape index (κ2) is 7.19. The number of nitrogens with one attached hydrogen (secondary N) is 1. The maximum atomic E-state index is 12.3. The molecule has 2 N–H and O–H groups in total. The maximum absolute atomic E-state index is 12.3. The molecule has 23 heavy (non-hydrogen) atoms. The van der Waals surface area contributed by atoms with Crippen molar-refractivity contribution in [1.29, 1.82) is 0 Å². The van der Waals surface area contributed by atoms with Gasteiger partial charge in [0.1, 0.15) is 5.69 Å². The van der Waals surface area contributed by atoms with Gasteiger partial charge in [-0.1, -0.05) is 12.1 Å². The third kappa shape index (κ3) is 3.65. The lowest BCUT2D eigenvalue weighted by Crippen LogP contribution is -2.35. The van der Waals surface area contributed by atoms with Gasteiger partial charge in [-0.15, -0.1) is 0 Å². The molecule has 1 fully saturated rings. The summed E-state index contributed by atoms with van der Waals surface area (Å²) >= 11 is 0. The van der Waals surface area contributed by atoms with Crippen LogP contribution < -0.4 is 10.2 Å². The van der Waals surface area contributed by atoms with Crippen LogP contribution in [-0.4, -0.2) is 40.7 Å². The van der Waals surface area contributed by atoms with Gasteiger partial charge in [0.05, 0.1) is 17.6 Å². The molecule has 0 unspecified atom stereocenters.